The number of nitrogens with zero attached hydrogens (tertiary/aromatic N) is 5. The van der Waals surface area contributed by atoms with E-state index in [4.69, 9.17) is 15.6 Å². The summed E-state index contributed by atoms with van der Waals surface area (Å²) in [6, 6.07) is 10.6. The first kappa shape index (κ1) is 22.5. The molecule has 0 aliphatic rings. The Labute approximate surface area is 194 Å². The monoisotopic (exact) mass is 445 g/mol. The van der Waals surface area contributed by atoms with E-state index in [0.717, 1.165) is 61.0 Å². The molecule has 4 aromatic rings. The van der Waals surface area contributed by atoms with Gasteiger partial charge in [-0.3, -0.25) is 9.67 Å². The number of hydrogen-bond acceptors (Lipinski definition) is 7. The summed E-state index contributed by atoms with van der Waals surface area (Å²) in [6.07, 6.45) is 10.8. The summed E-state index contributed by atoms with van der Waals surface area (Å²) in [4.78, 5) is 12.8. The van der Waals surface area contributed by atoms with Crippen LogP contribution in [-0.2, 0) is 19.4 Å². The molecule has 3 N–H and O–H groups in total. The average molecular weight is 446 g/mol. The fourth-order valence-electron chi connectivity index (χ4n) is 3.86. The fourth-order valence-corrected chi connectivity index (χ4v) is 3.86. The van der Waals surface area contributed by atoms with Crippen LogP contribution in [0.15, 0.2) is 48.9 Å². The second-order valence-corrected chi connectivity index (χ2v) is 8.13. The number of fused-ring (bicyclic) bond motifs is 1. The van der Waals surface area contributed by atoms with Gasteiger partial charge in [-0.15, -0.1) is 0 Å². The van der Waals surface area contributed by atoms with Crippen LogP contribution >= 0.6 is 0 Å². The molecule has 0 spiro atoms. The zero-order chi connectivity index (χ0) is 23.0. The van der Waals surface area contributed by atoms with Crippen molar-refractivity contribution in [1.82, 2.24) is 24.7 Å². The summed E-state index contributed by atoms with van der Waals surface area (Å²) in [7, 11) is 1.71. The summed E-state index contributed by atoms with van der Waals surface area (Å²) in [5.74, 6) is 1.79. The Morgan fingerprint density at radius 2 is 1.85 bits per heavy atom. The summed E-state index contributed by atoms with van der Waals surface area (Å²) in [5, 5.41) is 8.05. The van der Waals surface area contributed by atoms with Crippen LogP contribution in [0.4, 0.5) is 11.8 Å². The lowest BCUT2D eigenvalue weighted by molar-refractivity contribution is 0.407. The van der Waals surface area contributed by atoms with Gasteiger partial charge in [0, 0.05) is 24.5 Å². The van der Waals surface area contributed by atoms with Gasteiger partial charge in [0.25, 0.3) is 0 Å². The van der Waals surface area contributed by atoms with E-state index >= 15 is 0 Å². The van der Waals surface area contributed by atoms with Gasteiger partial charge in [-0.2, -0.15) is 10.1 Å². The van der Waals surface area contributed by atoms with Gasteiger partial charge in [0.2, 0.25) is 5.95 Å². The fraction of sp³-hybridized carbons (Fsp3) is 0.360. The Morgan fingerprint density at radius 1 is 1.03 bits per heavy atom. The largest absolute Gasteiger partial charge is 0.496 e. The molecular formula is C25H31N7O. The predicted octanol–water partition coefficient (Wildman–Crippen LogP) is 4.25. The standard InChI is InChI=1S/C25H31N7O/c1-3-4-12-28-24-23-21(29-25(26)30-24)17-32(31-23)16-20-9-8-19(15-22(20)33-2)7-5-6-18-10-13-27-14-11-18/h8-11,13-15,17H,3-7,12,16H2,1-2H3,(H3,26,28,29,30). The molecule has 8 nitrogen and oxygen atoms in total. The van der Waals surface area contributed by atoms with Crippen molar-refractivity contribution in [2.45, 2.75) is 45.6 Å². The van der Waals surface area contributed by atoms with E-state index in [1.54, 1.807) is 7.11 Å². The number of nitrogens with two attached hydrogens (primary N) is 1. The minimum Gasteiger partial charge on any atom is -0.496 e. The van der Waals surface area contributed by atoms with E-state index in [0.29, 0.717) is 12.4 Å². The second-order valence-electron chi connectivity index (χ2n) is 8.13. The Balaban J connectivity index is 1.47. The molecule has 33 heavy (non-hydrogen) atoms. The molecule has 0 unspecified atom stereocenters. The summed E-state index contributed by atoms with van der Waals surface area (Å²) < 4.78 is 7.56. The topological polar surface area (TPSA) is 104 Å². The Bertz CT molecular complexity index is 1190. The normalized spacial score (nSPS) is 11.1. The lowest BCUT2D eigenvalue weighted by Gasteiger charge is -2.11. The number of nitrogens with one attached hydrogen (secondary N) is 1. The first-order valence-electron chi connectivity index (χ1n) is 11.5. The molecule has 8 heteroatoms. The van der Waals surface area contributed by atoms with Gasteiger partial charge >= 0.3 is 0 Å². The molecule has 0 atom stereocenters. The number of anilines is 2. The number of ether oxygens (including phenoxy) is 1. The van der Waals surface area contributed by atoms with Gasteiger partial charge in [-0.25, -0.2) is 4.98 Å². The van der Waals surface area contributed by atoms with Crippen molar-refractivity contribution in [3.8, 4) is 5.75 Å². The number of unbranched alkanes of at least 4 members (excludes halogenated alkanes) is 1. The van der Waals surface area contributed by atoms with E-state index < -0.39 is 0 Å². The SMILES string of the molecule is CCCCNc1nc(N)nc2cn(Cc3ccc(CCCc4ccncc4)cc3OC)nc12. The van der Waals surface area contributed by atoms with E-state index in [1.807, 2.05) is 23.3 Å². The van der Waals surface area contributed by atoms with Crippen LogP contribution in [0.2, 0.25) is 0 Å². The first-order chi connectivity index (χ1) is 16.2. The highest BCUT2D eigenvalue weighted by atomic mass is 16.5. The third-order valence-corrected chi connectivity index (χ3v) is 5.61. The third-order valence-electron chi connectivity index (χ3n) is 5.61. The van der Waals surface area contributed by atoms with Crippen molar-refractivity contribution in [2.24, 2.45) is 0 Å². The summed E-state index contributed by atoms with van der Waals surface area (Å²) in [5.41, 5.74) is 11.0. The van der Waals surface area contributed by atoms with E-state index in [9.17, 15) is 0 Å². The molecule has 3 heterocycles. The number of aryl methyl sites for hydroxylation is 2. The molecule has 4 rings (SSSR count). The number of rotatable bonds is 11. The molecule has 0 aliphatic carbocycles. The molecule has 0 fully saturated rings. The highest BCUT2D eigenvalue weighted by molar-refractivity contribution is 5.85. The minimum atomic E-state index is 0.245. The number of nitrogen functional groups attached to an aromatic ring is 1. The van der Waals surface area contributed by atoms with Gasteiger partial charge in [0.15, 0.2) is 11.3 Å². The molecule has 0 aliphatic heterocycles. The molecular weight excluding hydrogens is 414 g/mol. The number of hydrogen-bond donors (Lipinski definition) is 2. The molecule has 1 aromatic carbocycles. The molecule has 0 radical (unpaired) electrons. The van der Waals surface area contributed by atoms with Gasteiger partial charge in [-0.1, -0.05) is 25.5 Å². The Hall–Kier alpha value is -3.68. The number of aromatic nitrogens is 5. The van der Waals surface area contributed by atoms with Crippen molar-refractivity contribution in [2.75, 3.05) is 24.7 Å². The lowest BCUT2D eigenvalue weighted by Crippen LogP contribution is -2.07. The van der Waals surface area contributed by atoms with Gasteiger partial charge in [0.1, 0.15) is 11.3 Å². The smallest absolute Gasteiger partial charge is 0.222 e. The maximum atomic E-state index is 5.91. The van der Waals surface area contributed by atoms with E-state index in [-0.39, 0.29) is 5.95 Å². The van der Waals surface area contributed by atoms with Gasteiger partial charge in [0.05, 0.1) is 19.9 Å². The summed E-state index contributed by atoms with van der Waals surface area (Å²) in [6.45, 7) is 3.55. The van der Waals surface area contributed by atoms with Crippen molar-refractivity contribution in [3.05, 3.63) is 65.6 Å². The van der Waals surface area contributed by atoms with Crippen molar-refractivity contribution >= 4 is 22.8 Å². The molecule has 3 aromatic heterocycles. The molecule has 0 amide bonds. The molecule has 172 valence electrons. The second kappa shape index (κ2) is 10.8. The van der Waals surface area contributed by atoms with Gasteiger partial charge < -0.3 is 15.8 Å². The van der Waals surface area contributed by atoms with Crippen LogP contribution in [-0.4, -0.2) is 38.4 Å². The van der Waals surface area contributed by atoms with Crippen LogP contribution in [0.3, 0.4) is 0 Å². The maximum Gasteiger partial charge on any atom is 0.222 e. The highest BCUT2D eigenvalue weighted by Crippen LogP contribution is 2.24. The molecule has 0 saturated heterocycles. The lowest BCUT2D eigenvalue weighted by atomic mass is 10.0. The molecule has 0 bridgehead atoms. The van der Waals surface area contributed by atoms with Crippen molar-refractivity contribution in [1.29, 1.82) is 0 Å². The number of benzene rings is 1. The maximum absolute atomic E-state index is 5.91. The quantitative estimate of drug-likeness (QED) is 0.333. The van der Waals surface area contributed by atoms with Crippen LogP contribution in [0, 0.1) is 0 Å². The van der Waals surface area contributed by atoms with Crippen LogP contribution in [0.5, 0.6) is 5.75 Å². The van der Waals surface area contributed by atoms with Crippen molar-refractivity contribution < 1.29 is 4.74 Å². The zero-order valence-corrected chi connectivity index (χ0v) is 19.3. The third kappa shape index (κ3) is 5.77. The predicted molar refractivity (Wildman–Crippen MR) is 131 cm³/mol. The van der Waals surface area contributed by atoms with Crippen LogP contribution in [0.1, 0.15) is 42.9 Å². The van der Waals surface area contributed by atoms with Crippen LogP contribution in [0.25, 0.3) is 11.0 Å². The van der Waals surface area contributed by atoms with Gasteiger partial charge in [-0.05, 0) is 55.0 Å². The number of pyridine rings is 1. The molecule has 0 saturated carbocycles. The Kier molecular flexibility index (Phi) is 7.34. The Morgan fingerprint density at radius 3 is 2.64 bits per heavy atom. The highest BCUT2D eigenvalue weighted by Gasteiger charge is 2.13. The van der Waals surface area contributed by atoms with E-state index in [2.05, 4.69) is 57.5 Å². The minimum absolute atomic E-state index is 0.245. The summed E-state index contributed by atoms with van der Waals surface area (Å²) >= 11 is 0. The van der Waals surface area contributed by atoms with Crippen molar-refractivity contribution in [3.63, 3.8) is 0 Å². The first-order valence-corrected chi connectivity index (χ1v) is 11.5. The van der Waals surface area contributed by atoms with E-state index in [1.165, 1.54) is 11.1 Å². The number of methoxy groups -OCH3 is 1. The zero-order valence-electron chi connectivity index (χ0n) is 19.3. The average Bonchev–Trinajstić information content (AvgIpc) is 3.23. The van der Waals surface area contributed by atoms with Crippen LogP contribution < -0.4 is 15.8 Å².